The number of carboxylic acid groups (broad SMARTS) is 1. The Balaban J connectivity index is 1.57. The van der Waals surface area contributed by atoms with Gasteiger partial charge in [0.1, 0.15) is 30.2 Å². The van der Waals surface area contributed by atoms with Gasteiger partial charge in [-0.05, 0) is 43.3 Å². The van der Waals surface area contributed by atoms with Crippen LogP contribution in [0.4, 0.5) is 16.3 Å². The van der Waals surface area contributed by atoms with Crippen LogP contribution in [0.25, 0.3) is 10.9 Å². The number of rotatable bonds is 8. The van der Waals surface area contributed by atoms with Gasteiger partial charge in [0, 0.05) is 28.7 Å². The summed E-state index contributed by atoms with van der Waals surface area (Å²) in [6.45, 7) is 1.37. The zero-order valence-corrected chi connectivity index (χ0v) is 22.4. The first-order chi connectivity index (χ1) is 18.6. The van der Waals surface area contributed by atoms with Crippen LogP contribution in [0.1, 0.15) is 21.7 Å². The van der Waals surface area contributed by atoms with Gasteiger partial charge in [-0.2, -0.15) is 0 Å². The van der Waals surface area contributed by atoms with Gasteiger partial charge in [-0.25, -0.2) is 19.6 Å². The lowest BCUT2D eigenvalue weighted by molar-refractivity contribution is -0.117. The number of ether oxygens (including phenoxy) is 1. The van der Waals surface area contributed by atoms with Crippen LogP contribution in [0.2, 0.25) is 10.0 Å². The van der Waals surface area contributed by atoms with E-state index in [1.807, 2.05) is 31.2 Å². The van der Waals surface area contributed by atoms with E-state index in [2.05, 4.69) is 9.97 Å². The smallest absolute Gasteiger partial charge is 0.354 e. The van der Waals surface area contributed by atoms with E-state index in [0.29, 0.717) is 27.5 Å². The number of para-hydroxylation sites is 1. The summed E-state index contributed by atoms with van der Waals surface area (Å²) in [5, 5.41) is 10.6. The van der Waals surface area contributed by atoms with Gasteiger partial charge in [-0.15, -0.1) is 0 Å². The van der Waals surface area contributed by atoms with Gasteiger partial charge in [-0.1, -0.05) is 47.5 Å². The molecule has 4 aromatic rings. The fourth-order valence-corrected chi connectivity index (χ4v) is 4.41. The number of carboxylic acids is 1. The molecule has 0 unspecified atom stereocenters. The fourth-order valence-electron chi connectivity index (χ4n) is 3.80. The van der Waals surface area contributed by atoms with E-state index in [9.17, 15) is 19.5 Å². The molecule has 0 aliphatic heterocycles. The zero-order valence-electron chi connectivity index (χ0n) is 20.9. The zero-order chi connectivity index (χ0) is 28.3. The van der Waals surface area contributed by atoms with Crippen molar-refractivity contribution in [3.8, 4) is 5.75 Å². The molecule has 0 aliphatic carbocycles. The summed E-state index contributed by atoms with van der Waals surface area (Å²) in [6.07, 6.45) is 0. The van der Waals surface area contributed by atoms with Crippen molar-refractivity contribution in [1.82, 2.24) is 9.97 Å². The minimum Gasteiger partial charge on any atom is -0.487 e. The molecular weight excluding hydrogens is 545 g/mol. The monoisotopic (exact) mass is 567 g/mol. The number of hydrogen-bond acceptors (Lipinski definition) is 6. The number of nitrogens with zero attached hydrogens (tertiary/aromatic N) is 4. The van der Waals surface area contributed by atoms with Gasteiger partial charge >= 0.3 is 12.0 Å². The summed E-state index contributed by atoms with van der Waals surface area (Å²) in [7, 11) is 1.47. The first kappa shape index (κ1) is 27.6. The van der Waals surface area contributed by atoms with Crippen molar-refractivity contribution in [3.63, 3.8) is 0 Å². The van der Waals surface area contributed by atoms with Crippen LogP contribution in [0, 0.1) is 6.92 Å². The Labute approximate surface area is 233 Å². The third kappa shape index (κ3) is 6.02. The van der Waals surface area contributed by atoms with Gasteiger partial charge in [0.05, 0.1) is 10.7 Å². The van der Waals surface area contributed by atoms with Gasteiger partial charge in [0.2, 0.25) is 5.91 Å². The summed E-state index contributed by atoms with van der Waals surface area (Å²) in [4.78, 5) is 47.1. The number of anilines is 2. The molecule has 4 rings (SSSR count). The van der Waals surface area contributed by atoms with Gasteiger partial charge < -0.3 is 20.5 Å². The third-order valence-corrected chi connectivity index (χ3v) is 6.66. The molecule has 0 bridgehead atoms. The largest absolute Gasteiger partial charge is 0.487 e. The van der Waals surface area contributed by atoms with Crippen LogP contribution in [0.3, 0.4) is 0 Å². The quantitative estimate of drug-likeness (QED) is 0.303. The highest BCUT2D eigenvalue weighted by molar-refractivity contribution is 6.38. The average molecular weight is 568 g/mol. The van der Waals surface area contributed by atoms with Crippen LogP contribution in [0.15, 0.2) is 60.7 Å². The molecule has 2 aromatic carbocycles. The molecule has 2 aromatic heterocycles. The number of nitrogens with two attached hydrogens (primary N) is 1. The van der Waals surface area contributed by atoms with Crippen molar-refractivity contribution < 1.29 is 24.2 Å². The minimum absolute atomic E-state index is 0.00157. The number of fused-ring (bicyclic) bond motifs is 1. The number of primary amides is 1. The predicted octanol–water partition coefficient (Wildman–Crippen LogP) is 5.07. The van der Waals surface area contributed by atoms with E-state index in [1.54, 1.807) is 18.2 Å². The van der Waals surface area contributed by atoms with Crippen LogP contribution in [-0.4, -0.2) is 46.6 Å². The molecule has 0 radical (unpaired) electrons. The van der Waals surface area contributed by atoms with E-state index in [4.69, 9.17) is 33.7 Å². The molecule has 39 heavy (non-hydrogen) atoms. The maximum Gasteiger partial charge on any atom is 0.354 e. The summed E-state index contributed by atoms with van der Waals surface area (Å²) in [5.41, 5.74) is 7.45. The molecule has 0 atom stereocenters. The molecule has 2 heterocycles. The van der Waals surface area contributed by atoms with Crippen LogP contribution >= 0.6 is 23.2 Å². The van der Waals surface area contributed by atoms with E-state index in [0.717, 1.165) is 16.0 Å². The highest BCUT2D eigenvalue weighted by atomic mass is 35.5. The Bertz CT molecular complexity index is 1600. The number of aromatic nitrogens is 2. The molecule has 0 fully saturated rings. The van der Waals surface area contributed by atoms with Crippen LogP contribution in [-0.2, 0) is 11.4 Å². The van der Waals surface area contributed by atoms with E-state index < -0.39 is 24.5 Å². The van der Waals surface area contributed by atoms with Gasteiger partial charge in [0.25, 0.3) is 0 Å². The fraction of sp³-hybridized carbons (Fsp3) is 0.148. The number of halogens is 2. The van der Waals surface area contributed by atoms with E-state index in [1.165, 1.54) is 30.1 Å². The van der Waals surface area contributed by atoms with Crippen LogP contribution in [0.5, 0.6) is 5.75 Å². The number of benzene rings is 2. The van der Waals surface area contributed by atoms with Gasteiger partial charge in [-0.3, -0.25) is 9.69 Å². The standard InChI is InChI=1S/C27H23Cl2N5O5/c1-15-9-10-16-5-3-7-21(25(16)31-15)39-14-17-18(28)11-12-20(24(17)29)33(2)23(35)13-34(27(30)38)22-8-4-6-19(32-22)26(36)37/h3-12H,13-14H2,1-2H3,(H2,30,38)(H,36,37). The summed E-state index contributed by atoms with van der Waals surface area (Å²) in [6, 6.07) is 15.6. The number of aromatic carboxylic acids is 1. The molecule has 12 heteroatoms. The normalized spacial score (nSPS) is 10.8. The number of carbonyl (C=O) groups excluding carboxylic acids is 2. The molecule has 0 spiro atoms. The minimum atomic E-state index is -1.29. The maximum atomic E-state index is 13.2. The van der Waals surface area contributed by atoms with Gasteiger partial charge in [0.15, 0.2) is 5.69 Å². The Morgan fingerprint density at radius 2 is 1.74 bits per heavy atom. The molecule has 10 nitrogen and oxygen atoms in total. The van der Waals surface area contributed by atoms with Crippen LogP contribution < -0.4 is 20.3 Å². The highest BCUT2D eigenvalue weighted by Crippen LogP contribution is 2.35. The maximum absolute atomic E-state index is 13.2. The molecule has 3 N–H and O–H groups in total. The Morgan fingerprint density at radius 3 is 2.46 bits per heavy atom. The summed E-state index contributed by atoms with van der Waals surface area (Å²) < 4.78 is 6.04. The number of pyridine rings is 2. The molecule has 200 valence electrons. The third-order valence-electron chi connectivity index (χ3n) is 5.89. The Kier molecular flexibility index (Phi) is 8.18. The first-order valence-electron chi connectivity index (χ1n) is 11.6. The topological polar surface area (TPSA) is 139 Å². The summed E-state index contributed by atoms with van der Waals surface area (Å²) in [5.74, 6) is -1.39. The highest BCUT2D eigenvalue weighted by Gasteiger charge is 2.24. The molecule has 0 aliphatic rings. The van der Waals surface area contributed by atoms with Crippen molar-refractivity contribution in [3.05, 3.63) is 87.7 Å². The number of aryl methyl sites for hydroxylation is 1. The Morgan fingerprint density at radius 1 is 1.00 bits per heavy atom. The number of amides is 3. The second-order valence-electron chi connectivity index (χ2n) is 8.49. The van der Waals surface area contributed by atoms with Crippen molar-refractivity contribution in [2.45, 2.75) is 13.5 Å². The molecular formula is C27H23Cl2N5O5. The average Bonchev–Trinajstić information content (AvgIpc) is 2.91. The second kappa shape index (κ2) is 11.5. The van der Waals surface area contributed by atoms with Crippen molar-refractivity contribution >= 4 is 63.5 Å². The molecule has 0 saturated carbocycles. The lowest BCUT2D eigenvalue weighted by Gasteiger charge is -2.25. The first-order valence-corrected chi connectivity index (χ1v) is 12.3. The number of likely N-dealkylation sites (N-methyl/N-ethyl adjacent to an activating group) is 1. The van der Waals surface area contributed by atoms with Crippen molar-refractivity contribution in [2.24, 2.45) is 5.73 Å². The Hall–Kier alpha value is -4.41. The van der Waals surface area contributed by atoms with Crippen molar-refractivity contribution in [2.75, 3.05) is 23.4 Å². The lowest BCUT2D eigenvalue weighted by Crippen LogP contribution is -2.44. The summed E-state index contributed by atoms with van der Waals surface area (Å²) >= 11 is 13.1. The van der Waals surface area contributed by atoms with Crippen molar-refractivity contribution in [1.29, 1.82) is 0 Å². The molecule has 0 saturated heterocycles. The number of carbonyl (C=O) groups is 3. The molecule has 3 amide bonds. The second-order valence-corrected chi connectivity index (χ2v) is 9.28. The SMILES string of the molecule is Cc1ccc2cccc(OCc3c(Cl)ccc(N(C)C(=O)CN(C(N)=O)c4cccc(C(=O)O)n4)c3Cl)c2n1. The number of hydrogen-bond donors (Lipinski definition) is 2. The predicted molar refractivity (Wildman–Crippen MR) is 149 cm³/mol. The van der Waals surface area contributed by atoms with E-state index in [-0.39, 0.29) is 23.1 Å². The lowest BCUT2D eigenvalue weighted by atomic mass is 10.1. The van der Waals surface area contributed by atoms with E-state index >= 15 is 0 Å². The number of urea groups is 1.